The summed E-state index contributed by atoms with van der Waals surface area (Å²) < 4.78 is 6.15. The zero-order valence-corrected chi connectivity index (χ0v) is 15.7. The smallest absolute Gasteiger partial charge is 0.317 e. The lowest BCUT2D eigenvalue weighted by Crippen LogP contribution is -2.53. The first kappa shape index (κ1) is 18.5. The fourth-order valence-electron chi connectivity index (χ4n) is 4.02. The van der Waals surface area contributed by atoms with Crippen molar-refractivity contribution in [2.75, 3.05) is 26.2 Å². The summed E-state index contributed by atoms with van der Waals surface area (Å²) in [6, 6.07) is 0.185. The molecule has 3 fully saturated rings. The summed E-state index contributed by atoms with van der Waals surface area (Å²) in [6.07, 6.45) is 6.82. The molecule has 0 aromatic carbocycles. The van der Waals surface area contributed by atoms with Crippen molar-refractivity contribution in [1.82, 2.24) is 15.5 Å². The zero-order chi connectivity index (χ0) is 17.9. The highest BCUT2D eigenvalue weighted by Gasteiger charge is 2.41. The van der Waals surface area contributed by atoms with E-state index < -0.39 is 0 Å². The number of carbonyl (C=O) groups is 2. The van der Waals surface area contributed by atoms with E-state index in [2.05, 4.69) is 10.6 Å². The van der Waals surface area contributed by atoms with Crippen molar-refractivity contribution in [3.63, 3.8) is 0 Å². The number of rotatable bonds is 5. The van der Waals surface area contributed by atoms with Crippen molar-refractivity contribution in [3.05, 3.63) is 0 Å². The van der Waals surface area contributed by atoms with Crippen LogP contribution in [-0.2, 0) is 9.53 Å². The van der Waals surface area contributed by atoms with Gasteiger partial charge in [0.05, 0.1) is 5.60 Å². The van der Waals surface area contributed by atoms with Gasteiger partial charge in [0.25, 0.3) is 0 Å². The maximum atomic E-state index is 12.1. The largest absolute Gasteiger partial charge is 0.375 e. The van der Waals surface area contributed by atoms with Crippen LogP contribution in [0.1, 0.15) is 58.8 Å². The van der Waals surface area contributed by atoms with Crippen LogP contribution in [0.3, 0.4) is 0 Å². The molecule has 1 aliphatic carbocycles. The number of piperidine rings is 1. The van der Waals surface area contributed by atoms with Gasteiger partial charge in [0.2, 0.25) is 5.91 Å². The Balaban J connectivity index is 1.44. The molecule has 0 aromatic heterocycles. The fourth-order valence-corrected chi connectivity index (χ4v) is 4.02. The molecule has 2 heterocycles. The van der Waals surface area contributed by atoms with Crippen LogP contribution in [-0.4, -0.2) is 54.7 Å². The van der Waals surface area contributed by atoms with E-state index in [4.69, 9.17) is 4.74 Å². The second-order valence-corrected chi connectivity index (χ2v) is 8.43. The van der Waals surface area contributed by atoms with Crippen LogP contribution in [0.4, 0.5) is 4.79 Å². The monoisotopic (exact) mass is 351 g/mol. The van der Waals surface area contributed by atoms with Crippen molar-refractivity contribution in [3.8, 4) is 0 Å². The van der Waals surface area contributed by atoms with Crippen molar-refractivity contribution >= 4 is 11.9 Å². The third kappa shape index (κ3) is 5.33. The molecule has 6 nitrogen and oxygen atoms in total. The van der Waals surface area contributed by atoms with E-state index in [-0.39, 0.29) is 23.6 Å². The van der Waals surface area contributed by atoms with E-state index in [1.807, 2.05) is 18.7 Å². The number of amides is 3. The van der Waals surface area contributed by atoms with Crippen molar-refractivity contribution in [1.29, 1.82) is 0 Å². The first-order valence-electron chi connectivity index (χ1n) is 9.92. The average molecular weight is 351 g/mol. The summed E-state index contributed by atoms with van der Waals surface area (Å²) in [5.74, 6) is 1.33. The molecule has 0 aromatic rings. The minimum absolute atomic E-state index is 0.0247. The lowest BCUT2D eigenvalue weighted by Gasteiger charge is -2.46. The van der Waals surface area contributed by atoms with E-state index in [1.165, 1.54) is 12.8 Å². The number of nitrogens with zero attached hydrogens (tertiary/aromatic N) is 1. The molecule has 25 heavy (non-hydrogen) atoms. The Labute approximate surface area is 151 Å². The highest BCUT2D eigenvalue weighted by atomic mass is 16.5. The van der Waals surface area contributed by atoms with Gasteiger partial charge in [-0.1, -0.05) is 0 Å². The van der Waals surface area contributed by atoms with Gasteiger partial charge in [-0.15, -0.1) is 0 Å². The van der Waals surface area contributed by atoms with E-state index in [0.717, 1.165) is 57.8 Å². The second kappa shape index (κ2) is 7.94. The number of nitrogens with one attached hydrogen (secondary N) is 2. The van der Waals surface area contributed by atoms with Crippen LogP contribution in [0.2, 0.25) is 0 Å². The Morgan fingerprint density at radius 1 is 1.16 bits per heavy atom. The van der Waals surface area contributed by atoms with Gasteiger partial charge in [-0.05, 0) is 64.2 Å². The Bertz CT molecular complexity index is 482. The lowest BCUT2D eigenvalue weighted by molar-refractivity contribution is -0.133. The molecule has 142 valence electrons. The summed E-state index contributed by atoms with van der Waals surface area (Å²) in [6.45, 7) is 7.02. The quantitative estimate of drug-likeness (QED) is 0.798. The Hall–Kier alpha value is -1.30. The third-order valence-electron chi connectivity index (χ3n) is 5.73. The molecule has 1 spiro atoms. The molecular formula is C19H33N3O3. The van der Waals surface area contributed by atoms with Crippen molar-refractivity contribution < 1.29 is 14.3 Å². The molecule has 0 bridgehead atoms. The van der Waals surface area contributed by atoms with Gasteiger partial charge in [-0.2, -0.15) is 0 Å². The van der Waals surface area contributed by atoms with Gasteiger partial charge in [0.1, 0.15) is 0 Å². The van der Waals surface area contributed by atoms with Gasteiger partial charge in [-0.3, -0.25) is 4.79 Å². The van der Waals surface area contributed by atoms with Gasteiger partial charge in [0.15, 0.2) is 0 Å². The van der Waals surface area contributed by atoms with Gasteiger partial charge in [-0.25, -0.2) is 4.79 Å². The summed E-state index contributed by atoms with van der Waals surface area (Å²) >= 11 is 0. The standard InChI is InChI=1S/C19H33N3O3/c1-14(2)21-18(24)22-8-6-19(7-9-22)12-16(5-10-25-19)11-17(23)20-13-15-3-4-15/h14-16H,3-13H2,1-2H3,(H,20,23)(H,21,24). The van der Waals surface area contributed by atoms with Crippen LogP contribution < -0.4 is 10.6 Å². The number of urea groups is 1. The molecule has 1 atom stereocenters. The van der Waals surface area contributed by atoms with Gasteiger partial charge >= 0.3 is 6.03 Å². The molecule has 1 saturated carbocycles. The molecule has 3 amide bonds. The zero-order valence-electron chi connectivity index (χ0n) is 15.7. The summed E-state index contributed by atoms with van der Waals surface area (Å²) in [5, 5.41) is 6.04. The van der Waals surface area contributed by atoms with Crippen LogP contribution in [0.25, 0.3) is 0 Å². The molecule has 0 radical (unpaired) electrons. The maximum Gasteiger partial charge on any atom is 0.317 e. The first-order valence-corrected chi connectivity index (χ1v) is 9.92. The molecule has 3 rings (SSSR count). The minimum Gasteiger partial charge on any atom is -0.375 e. The Morgan fingerprint density at radius 2 is 1.88 bits per heavy atom. The van der Waals surface area contributed by atoms with Crippen molar-refractivity contribution in [2.45, 2.75) is 70.4 Å². The van der Waals surface area contributed by atoms with Gasteiger partial charge < -0.3 is 20.3 Å². The normalized spacial score (nSPS) is 25.9. The van der Waals surface area contributed by atoms with E-state index >= 15 is 0 Å². The molecule has 6 heteroatoms. The number of ether oxygens (including phenoxy) is 1. The van der Waals surface area contributed by atoms with Crippen LogP contribution in [0.15, 0.2) is 0 Å². The summed E-state index contributed by atoms with van der Waals surface area (Å²) in [4.78, 5) is 26.2. The molecule has 2 N–H and O–H groups in total. The highest BCUT2D eigenvalue weighted by Crippen LogP contribution is 2.38. The molecule has 2 saturated heterocycles. The first-order chi connectivity index (χ1) is 12.0. The number of hydrogen-bond donors (Lipinski definition) is 2. The van der Waals surface area contributed by atoms with Crippen LogP contribution in [0.5, 0.6) is 0 Å². The number of carbonyl (C=O) groups excluding carboxylic acids is 2. The molecule has 2 aliphatic heterocycles. The SMILES string of the molecule is CC(C)NC(=O)N1CCC2(CC1)CC(CC(=O)NCC1CC1)CCO2. The topological polar surface area (TPSA) is 70.7 Å². The third-order valence-corrected chi connectivity index (χ3v) is 5.73. The lowest BCUT2D eigenvalue weighted by atomic mass is 9.78. The summed E-state index contributed by atoms with van der Waals surface area (Å²) in [7, 11) is 0. The van der Waals surface area contributed by atoms with Crippen LogP contribution >= 0.6 is 0 Å². The summed E-state index contributed by atoms with van der Waals surface area (Å²) in [5.41, 5.74) is -0.131. The van der Waals surface area contributed by atoms with E-state index in [9.17, 15) is 9.59 Å². The highest BCUT2D eigenvalue weighted by molar-refractivity contribution is 5.76. The van der Waals surface area contributed by atoms with Gasteiger partial charge in [0, 0.05) is 38.7 Å². The maximum absolute atomic E-state index is 12.1. The number of likely N-dealkylation sites (tertiary alicyclic amines) is 1. The molecule has 3 aliphatic rings. The molecule has 1 unspecified atom stereocenters. The fraction of sp³-hybridized carbons (Fsp3) is 0.895. The van der Waals surface area contributed by atoms with E-state index in [1.54, 1.807) is 0 Å². The number of hydrogen-bond acceptors (Lipinski definition) is 3. The molecular weight excluding hydrogens is 318 g/mol. The van der Waals surface area contributed by atoms with Crippen LogP contribution in [0, 0.1) is 11.8 Å². The Morgan fingerprint density at radius 3 is 2.52 bits per heavy atom. The average Bonchev–Trinajstić information content (AvgIpc) is 3.37. The Kier molecular flexibility index (Phi) is 5.87. The second-order valence-electron chi connectivity index (χ2n) is 8.43. The van der Waals surface area contributed by atoms with Crippen molar-refractivity contribution in [2.24, 2.45) is 11.8 Å². The predicted molar refractivity (Wildman–Crippen MR) is 96.2 cm³/mol. The minimum atomic E-state index is -0.131. The predicted octanol–water partition coefficient (Wildman–Crippen LogP) is 2.28. The van der Waals surface area contributed by atoms with E-state index in [0.29, 0.717) is 12.3 Å².